The monoisotopic (exact) mass is 237 g/mol. The van der Waals surface area contributed by atoms with E-state index in [0.29, 0.717) is 0 Å². The fraction of sp³-hybridized carbons (Fsp3) is 0.857. The second-order valence-electron chi connectivity index (χ2n) is 3.15. The van der Waals surface area contributed by atoms with Crippen LogP contribution in [0.1, 0.15) is 12.8 Å². The highest BCUT2D eigenvalue weighted by molar-refractivity contribution is 14.2. The molecule has 1 saturated carbocycles. The summed E-state index contributed by atoms with van der Waals surface area (Å²) in [6.07, 6.45) is 3.06. The van der Waals surface area contributed by atoms with Crippen LogP contribution in [-0.4, -0.2) is 20.7 Å². The number of hydrogen-bond donors (Lipinski definition) is 0. The van der Waals surface area contributed by atoms with Crippen molar-refractivity contribution in [1.29, 1.82) is 0 Å². The summed E-state index contributed by atoms with van der Waals surface area (Å²) < 4.78 is 6.58. The number of fused-ring (bicyclic) bond motifs is 2. The topological polar surface area (TPSA) is 3.24 Å². The minimum Gasteiger partial charge on any atom is -0.253 e. The molecule has 0 aromatic heterocycles. The van der Waals surface area contributed by atoms with Crippen molar-refractivity contribution >= 4 is 25.5 Å². The molecule has 0 atom stereocenters. The van der Waals surface area contributed by atoms with Gasteiger partial charge in [-0.1, -0.05) is 4.51 Å². The fourth-order valence-electron chi connectivity index (χ4n) is 1.90. The first-order valence-electron chi connectivity index (χ1n) is 3.52. The van der Waals surface area contributed by atoms with Gasteiger partial charge in [0.1, 0.15) is 0 Å². The minimum absolute atomic E-state index is 0.173. The van der Waals surface area contributed by atoms with Crippen LogP contribution in [0.25, 0.3) is 0 Å². The largest absolute Gasteiger partial charge is 0.253 e. The molecule has 2 heterocycles. The van der Waals surface area contributed by atoms with Gasteiger partial charge in [-0.15, -0.1) is 0 Å². The lowest BCUT2D eigenvalue weighted by Gasteiger charge is -2.45. The molecule has 2 saturated heterocycles. The Bertz CT molecular complexity index is 119. The van der Waals surface area contributed by atoms with Gasteiger partial charge in [-0.3, -0.25) is 3.11 Å². The molecule has 2 heteroatoms. The molecule has 0 unspecified atom stereocenters. The van der Waals surface area contributed by atoms with E-state index >= 15 is 0 Å². The van der Waals surface area contributed by atoms with Gasteiger partial charge < -0.3 is 0 Å². The van der Waals surface area contributed by atoms with Crippen molar-refractivity contribution in [3.63, 3.8) is 0 Å². The van der Waals surface area contributed by atoms with Crippen LogP contribution in [0.2, 0.25) is 0 Å². The van der Waals surface area contributed by atoms with Crippen LogP contribution in [0, 0.1) is 11.8 Å². The molecule has 3 fully saturated rings. The van der Waals surface area contributed by atoms with Crippen molar-refractivity contribution in [2.75, 3.05) is 13.1 Å². The van der Waals surface area contributed by atoms with E-state index in [1.165, 1.54) is 25.9 Å². The molecule has 1 nitrogen and oxygen atoms in total. The SMILES string of the molecule is C=IN1CC2CC(C2)C1. The molecule has 2 bridgehead atoms. The summed E-state index contributed by atoms with van der Waals surface area (Å²) in [6.45, 7) is 2.76. The van der Waals surface area contributed by atoms with Crippen LogP contribution in [0.15, 0.2) is 0 Å². The average Bonchev–Trinajstić information content (AvgIpc) is 1.87. The van der Waals surface area contributed by atoms with Crippen LogP contribution in [-0.2, 0) is 0 Å². The average molecular weight is 237 g/mol. The van der Waals surface area contributed by atoms with Crippen LogP contribution in [0.3, 0.4) is 0 Å². The summed E-state index contributed by atoms with van der Waals surface area (Å²) >= 11 is 0.173. The molecular weight excluding hydrogens is 225 g/mol. The van der Waals surface area contributed by atoms with Gasteiger partial charge in [0.05, 0.1) is 0 Å². The maximum atomic E-state index is 4.00. The fourth-order valence-corrected chi connectivity index (χ4v) is 3.58. The minimum atomic E-state index is 0.173. The highest BCUT2D eigenvalue weighted by Crippen LogP contribution is 2.41. The first-order valence-corrected chi connectivity index (χ1v) is 6.01. The maximum Gasteiger partial charge on any atom is 0.0105 e. The molecule has 0 radical (unpaired) electrons. The lowest BCUT2D eigenvalue weighted by atomic mass is 9.72. The summed E-state index contributed by atoms with van der Waals surface area (Å²) in [5, 5.41) is 0. The van der Waals surface area contributed by atoms with Crippen LogP contribution in [0.4, 0.5) is 0 Å². The van der Waals surface area contributed by atoms with Gasteiger partial charge in [0.2, 0.25) is 0 Å². The quantitative estimate of drug-likeness (QED) is 0.495. The van der Waals surface area contributed by atoms with E-state index in [9.17, 15) is 0 Å². The molecule has 0 amide bonds. The predicted octanol–water partition coefficient (Wildman–Crippen LogP) is 1.65. The number of hydrogen-bond acceptors (Lipinski definition) is 1. The van der Waals surface area contributed by atoms with E-state index in [1.54, 1.807) is 0 Å². The molecule has 1 aliphatic carbocycles. The first-order chi connectivity index (χ1) is 4.38. The van der Waals surface area contributed by atoms with E-state index in [2.05, 4.69) is 7.63 Å². The number of rotatable bonds is 1. The van der Waals surface area contributed by atoms with Crippen molar-refractivity contribution in [1.82, 2.24) is 3.11 Å². The van der Waals surface area contributed by atoms with Crippen LogP contribution in [0.5, 0.6) is 0 Å². The van der Waals surface area contributed by atoms with Gasteiger partial charge in [-0.2, -0.15) is 0 Å². The zero-order valence-electron chi connectivity index (χ0n) is 5.52. The van der Waals surface area contributed by atoms with Gasteiger partial charge in [0, 0.05) is 13.1 Å². The molecule has 52 valence electrons. The second-order valence-corrected chi connectivity index (χ2v) is 5.20. The Labute approximate surface area is 66.5 Å². The third-order valence-corrected chi connectivity index (χ3v) is 4.17. The summed E-state index contributed by atoms with van der Waals surface area (Å²) in [5.74, 6) is 2.15. The van der Waals surface area contributed by atoms with Gasteiger partial charge in [0.25, 0.3) is 0 Å². The molecule has 0 spiro atoms. The highest BCUT2D eigenvalue weighted by atomic mass is 127. The normalized spacial score (nSPS) is 42.2. The molecule has 2 aliphatic heterocycles. The molecule has 3 rings (SSSR count). The number of halogens is 1. The van der Waals surface area contributed by atoms with E-state index in [-0.39, 0.29) is 21.0 Å². The molecule has 0 aromatic rings. The molecule has 0 N–H and O–H groups in total. The zero-order valence-corrected chi connectivity index (χ0v) is 7.67. The van der Waals surface area contributed by atoms with Crippen molar-refractivity contribution < 1.29 is 0 Å². The molecule has 3 aliphatic rings. The van der Waals surface area contributed by atoms with Gasteiger partial charge in [-0.05, 0) is 45.7 Å². The Kier molecular flexibility index (Phi) is 1.61. The lowest BCUT2D eigenvalue weighted by molar-refractivity contribution is 0.0934. The Morgan fingerprint density at radius 1 is 1.22 bits per heavy atom. The van der Waals surface area contributed by atoms with E-state index < -0.39 is 0 Å². The van der Waals surface area contributed by atoms with Gasteiger partial charge >= 0.3 is 0 Å². The molecular formula is C7H12IN. The Morgan fingerprint density at radius 2 is 1.78 bits per heavy atom. The van der Waals surface area contributed by atoms with Crippen molar-refractivity contribution in [2.24, 2.45) is 11.8 Å². The second kappa shape index (κ2) is 2.31. The van der Waals surface area contributed by atoms with Crippen LogP contribution >= 0.6 is 21.0 Å². The van der Waals surface area contributed by atoms with Crippen molar-refractivity contribution in [2.45, 2.75) is 12.8 Å². The first kappa shape index (κ1) is 6.28. The third kappa shape index (κ3) is 1.07. The lowest BCUT2D eigenvalue weighted by Crippen LogP contribution is -2.44. The molecule has 0 aromatic carbocycles. The highest BCUT2D eigenvalue weighted by Gasteiger charge is 2.36. The van der Waals surface area contributed by atoms with Crippen molar-refractivity contribution in [3.8, 4) is 0 Å². The number of nitrogens with zero attached hydrogens (tertiary/aromatic N) is 1. The maximum absolute atomic E-state index is 4.00. The summed E-state index contributed by atoms with van der Waals surface area (Å²) in [7, 11) is 0. The standard InChI is InChI=1S/C7H12IN/c1-8-9-4-6-2-7(3-6)5-9/h6-7H,1-5H2. The Balaban J connectivity index is 1.96. The van der Waals surface area contributed by atoms with Gasteiger partial charge in [-0.25, -0.2) is 0 Å². The van der Waals surface area contributed by atoms with Crippen molar-refractivity contribution in [3.05, 3.63) is 0 Å². The predicted molar refractivity (Wildman–Crippen MR) is 48.9 cm³/mol. The zero-order chi connectivity index (χ0) is 6.27. The Hall–Kier alpha value is 0.560. The summed E-state index contributed by atoms with van der Waals surface area (Å²) in [5.41, 5.74) is 0. The van der Waals surface area contributed by atoms with Gasteiger partial charge in [0.15, 0.2) is 0 Å². The van der Waals surface area contributed by atoms with E-state index in [4.69, 9.17) is 0 Å². The molecule has 9 heavy (non-hydrogen) atoms. The van der Waals surface area contributed by atoms with E-state index in [1.807, 2.05) is 0 Å². The Morgan fingerprint density at radius 3 is 2.11 bits per heavy atom. The van der Waals surface area contributed by atoms with Crippen LogP contribution < -0.4 is 0 Å². The smallest absolute Gasteiger partial charge is 0.0105 e. The third-order valence-electron chi connectivity index (χ3n) is 2.41. The summed E-state index contributed by atoms with van der Waals surface area (Å²) in [4.78, 5) is 0. The number of piperidine rings is 2. The van der Waals surface area contributed by atoms with E-state index in [0.717, 1.165) is 11.8 Å². The summed E-state index contributed by atoms with van der Waals surface area (Å²) in [6, 6.07) is 0.